The number of benzene rings is 2. The molecule has 0 heterocycles. The number of anilines is 1. The standard InChI is InChI=1S/C18H10BrCl2N3O/c19-10-1-4-12(5-2-10)24-17(25)16-15(18(16,8-22)9-23)13-6-3-11(20)7-14(13)21/h1-7,15-16H,(H,24,25)/t15-,16+/m0/s1. The summed E-state index contributed by atoms with van der Waals surface area (Å²) in [5.41, 5.74) is -0.271. The minimum absolute atomic E-state index is 0.339. The molecule has 4 nitrogen and oxygen atoms in total. The number of carbonyl (C=O) groups excluding carboxylic acids is 1. The van der Waals surface area contributed by atoms with Crippen molar-refractivity contribution in [2.75, 3.05) is 5.32 Å². The Labute approximate surface area is 163 Å². The van der Waals surface area contributed by atoms with E-state index < -0.39 is 17.3 Å². The van der Waals surface area contributed by atoms with E-state index in [9.17, 15) is 15.3 Å². The third kappa shape index (κ3) is 3.12. The Morgan fingerprint density at radius 2 is 1.76 bits per heavy atom. The van der Waals surface area contributed by atoms with Gasteiger partial charge in [0.15, 0.2) is 5.41 Å². The maximum Gasteiger partial charge on any atom is 0.230 e. The lowest BCUT2D eigenvalue weighted by molar-refractivity contribution is -0.117. The number of nitriles is 2. The molecule has 1 saturated carbocycles. The van der Waals surface area contributed by atoms with Crippen molar-refractivity contribution >= 4 is 50.7 Å². The van der Waals surface area contributed by atoms with Crippen LogP contribution in [0.3, 0.4) is 0 Å². The molecule has 0 unspecified atom stereocenters. The molecule has 124 valence electrons. The highest BCUT2D eigenvalue weighted by molar-refractivity contribution is 9.10. The number of hydrogen-bond acceptors (Lipinski definition) is 3. The van der Waals surface area contributed by atoms with Gasteiger partial charge >= 0.3 is 0 Å². The Morgan fingerprint density at radius 1 is 1.12 bits per heavy atom. The second-order valence-electron chi connectivity index (χ2n) is 5.71. The highest BCUT2D eigenvalue weighted by atomic mass is 79.9. The third-order valence-corrected chi connectivity index (χ3v) is 5.36. The Bertz CT molecular complexity index is 917. The van der Waals surface area contributed by atoms with Crippen molar-refractivity contribution in [3.05, 3.63) is 62.5 Å². The largest absolute Gasteiger partial charge is 0.326 e. The van der Waals surface area contributed by atoms with Crippen LogP contribution in [0.25, 0.3) is 0 Å². The van der Waals surface area contributed by atoms with Gasteiger partial charge in [-0.1, -0.05) is 45.2 Å². The smallest absolute Gasteiger partial charge is 0.230 e. The van der Waals surface area contributed by atoms with E-state index in [0.29, 0.717) is 21.3 Å². The first kappa shape index (κ1) is 17.8. The highest BCUT2D eigenvalue weighted by Gasteiger charge is 2.71. The van der Waals surface area contributed by atoms with Crippen LogP contribution in [0.15, 0.2) is 46.9 Å². The fraction of sp³-hybridized carbons (Fsp3) is 0.167. The molecule has 0 bridgehead atoms. The number of nitrogens with one attached hydrogen (secondary N) is 1. The summed E-state index contributed by atoms with van der Waals surface area (Å²) in [5, 5.41) is 22.6. The predicted octanol–water partition coefficient (Wildman–Crippen LogP) is 5.14. The lowest BCUT2D eigenvalue weighted by atomic mass is 10.0. The first-order valence-electron chi connectivity index (χ1n) is 7.27. The van der Waals surface area contributed by atoms with Crippen molar-refractivity contribution in [2.24, 2.45) is 11.3 Å². The zero-order valence-corrected chi connectivity index (χ0v) is 15.7. The van der Waals surface area contributed by atoms with Crippen LogP contribution in [0.1, 0.15) is 11.5 Å². The van der Waals surface area contributed by atoms with Crippen molar-refractivity contribution in [1.82, 2.24) is 0 Å². The van der Waals surface area contributed by atoms with Gasteiger partial charge in [-0.05, 0) is 42.0 Å². The summed E-state index contributed by atoms with van der Waals surface area (Å²) >= 11 is 15.4. The summed E-state index contributed by atoms with van der Waals surface area (Å²) in [4.78, 5) is 12.7. The van der Waals surface area contributed by atoms with Crippen LogP contribution in [-0.2, 0) is 4.79 Å². The van der Waals surface area contributed by atoms with E-state index >= 15 is 0 Å². The molecule has 1 aliphatic carbocycles. The molecule has 1 fully saturated rings. The lowest BCUT2D eigenvalue weighted by Crippen LogP contribution is -2.17. The number of carbonyl (C=O) groups is 1. The Balaban J connectivity index is 1.91. The normalized spacial score (nSPS) is 20.2. The fourth-order valence-corrected chi connectivity index (χ4v) is 3.77. The first-order chi connectivity index (χ1) is 11.9. The predicted molar refractivity (Wildman–Crippen MR) is 99.1 cm³/mol. The third-order valence-electron chi connectivity index (χ3n) is 4.27. The second-order valence-corrected chi connectivity index (χ2v) is 7.47. The molecule has 1 N–H and O–H groups in total. The molecule has 2 atom stereocenters. The summed E-state index contributed by atoms with van der Waals surface area (Å²) in [6.07, 6.45) is 0. The molecule has 0 saturated heterocycles. The van der Waals surface area contributed by atoms with Crippen LogP contribution in [0, 0.1) is 34.0 Å². The number of nitrogens with zero attached hydrogens (tertiary/aromatic N) is 2. The molecule has 0 spiro atoms. The van der Waals surface area contributed by atoms with Gasteiger partial charge in [-0.25, -0.2) is 0 Å². The number of rotatable bonds is 3. The molecule has 1 amide bonds. The highest BCUT2D eigenvalue weighted by Crippen LogP contribution is 2.65. The van der Waals surface area contributed by atoms with E-state index in [1.165, 1.54) is 0 Å². The molecule has 7 heteroatoms. The van der Waals surface area contributed by atoms with Crippen LogP contribution < -0.4 is 5.32 Å². The van der Waals surface area contributed by atoms with Crippen LogP contribution in [0.4, 0.5) is 5.69 Å². The molecule has 1 aliphatic rings. The molecular formula is C18H10BrCl2N3O. The van der Waals surface area contributed by atoms with Gasteiger partial charge in [0.2, 0.25) is 5.91 Å². The van der Waals surface area contributed by atoms with Crippen molar-refractivity contribution in [3.63, 3.8) is 0 Å². The summed E-state index contributed by atoms with van der Waals surface area (Å²) in [6.45, 7) is 0. The zero-order chi connectivity index (χ0) is 18.2. The molecular weight excluding hydrogens is 425 g/mol. The van der Waals surface area contributed by atoms with Gasteiger partial charge in [0.1, 0.15) is 0 Å². The monoisotopic (exact) mass is 433 g/mol. The summed E-state index contributed by atoms with van der Waals surface area (Å²) < 4.78 is 0.881. The van der Waals surface area contributed by atoms with E-state index in [1.54, 1.807) is 42.5 Å². The summed E-state index contributed by atoms with van der Waals surface area (Å²) in [6, 6.07) is 15.9. The van der Waals surface area contributed by atoms with E-state index in [-0.39, 0.29) is 5.91 Å². The minimum atomic E-state index is -1.43. The van der Waals surface area contributed by atoms with Gasteiger partial charge in [0, 0.05) is 26.1 Å². The number of halogens is 3. The SMILES string of the molecule is N#CC1(C#N)[C@@H](C(=O)Nc2ccc(Br)cc2)[C@@H]1c1ccc(Cl)cc1Cl. The first-order valence-corrected chi connectivity index (χ1v) is 8.81. The second kappa shape index (κ2) is 6.69. The van der Waals surface area contributed by atoms with Crippen molar-refractivity contribution in [3.8, 4) is 12.1 Å². The maximum atomic E-state index is 12.7. The summed E-state index contributed by atoms with van der Waals surface area (Å²) in [5.74, 6) is -1.78. The zero-order valence-electron chi connectivity index (χ0n) is 12.6. The van der Waals surface area contributed by atoms with Gasteiger partial charge in [0.25, 0.3) is 0 Å². The van der Waals surface area contributed by atoms with Gasteiger partial charge in [0.05, 0.1) is 18.1 Å². The van der Waals surface area contributed by atoms with E-state index in [4.69, 9.17) is 23.2 Å². The molecule has 25 heavy (non-hydrogen) atoms. The van der Waals surface area contributed by atoms with Gasteiger partial charge < -0.3 is 5.32 Å². The lowest BCUT2D eigenvalue weighted by Gasteiger charge is -2.06. The molecule has 0 radical (unpaired) electrons. The van der Waals surface area contributed by atoms with Crippen molar-refractivity contribution in [1.29, 1.82) is 10.5 Å². The average molecular weight is 435 g/mol. The Kier molecular flexibility index (Phi) is 4.75. The number of amides is 1. The average Bonchev–Trinajstić information content (AvgIpc) is 3.26. The molecule has 0 aliphatic heterocycles. The quantitative estimate of drug-likeness (QED) is 0.726. The van der Waals surface area contributed by atoms with Crippen LogP contribution in [0.5, 0.6) is 0 Å². The van der Waals surface area contributed by atoms with Crippen molar-refractivity contribution < 1.29 is 4.79 Å². The van der Waals surface area contributed by atoms with Gasteiger partial charge in [-0.15, -0.1) is 0 Å². The van der Waals surface area contributed by atoms with Crippen LogP contribution >= 0.6 is 39.1 Å². The van der Waals surface area contributed by atoms with E-state index in [0.717, 1.165) is 4.47 Å². The Morgan fingerprint density at radius 3 is 2.32 bits per heavy atom. The Hall–Kier alpha value is -2.05. The van der Waals surface area contributed by atoms with Gasteiger partial charge in [-0.3, -0.25) is 4.79 Å². The molecule has 2 aromatic rings. The summed E-state index contributed by atoms with van der Waals surface area (Å²) in [7, 11) is 0. The van der Waals surface area contributed by atoms with Crippen LogP contribution in [-0.4, -0.2) is 5.91 Å². The van der Waals surface area contributed by atoms with Crippen molar-refractivity contribution in [2.45, 2.75) is 5.92 Å². The maximum absolute atomic E-state index is 12.7. The van der Waals surface area contributed by atoms with E-state index in [2.05, 4.69) is 21.2 Å². The van der Waals surface area contributed by atoms with Gasteiger partial charge in [-0.2, -0.15) is 10.5 Å². The molecule has 2 aromatic carbocycles. The number of hydrogen-bond donors (Lipinski definition) is 1. The molecule has 3 rings (SSSR count). The van der Waals surface area contributed by atoms with E-state index in [1.807, 2.05) is 12.1 Å². The topological polar surface area (TPSA) is 76.7 Å². The molecule has 0 aromatic heterocycles. The minimum Gasteiger partial charge on any atom is -0.326 e. The fourth-order valence-electron chi connectivity index (χ4n) is 2.98. The van der Waals surface area contributed by atoms with Crippen LogP contribution in [0.2, 0.25) is 10.0 Å².